The number of benzene rings is 1. The molecule has 0 saturated heterocycles. The maximum absolute atomic E-state index is 6.15. The van der Waals surface area contributed by atoms with Gasteiger partial charge in [-0.2, -0.15) is 0 Å². The number of halogens is 1. The van der Waals surface area contributed by atoms with Gasteiger partial charge >= 0.3 is 0 Å². The van der Waals surface area contributed by atoms with Gasteiger partial charge < -0.3 is 10.1 Å². The Morgan fingerprint density at radius 1 is 1.40 bits per heavy atom. The fourth-order valence-corrected chi connectivity index (χ4v) is 2.02. The molecule has 0 bridgehead atoms. The van der Waals surface area contributed by atoms with Gasteiger partial charge in [-0.3, -0.25) is 4.98 Å². The Morgan fingerprint density at radius 3 is 2.95 bits per heavy atom. The summed E-state index contributed by atoms with van der Waals surface area (Å²) in [5.74, 6) is 0.732. The number of ether oxygens (including phenoxy) is 1. The first-order valence-electron chi connectivity index (χ1n) is 6.64. The monoisotopic (exact) mass is 290 g/mol. The predicted molar refractivity (Wildman–Crippen MR) is 84.5 cm³/mol. The number of fused-ring (bicyclic) bond motifs is 1. The molecule has 1 aromatic carbocycles. The zero-order valence-electron chi connectivity index (χ0n) is 11.8. The second kappa shape index (κ2) is 6.73. The number of hydrogen-bond donors (Lipinski definition) is 1. The van der Waals surface area contributed by atoms with Crippen molar-refractivity contribution in [2.24, 2.45) is 0 Å². The molecule has 0 aliphatic carbocycles. The molecule has 3 nitrogen and oxygen atoms in total. The summed E-state index contributed by atoms with van der Waals surface area (Å²) in [6.45, 7) is 9.42. The van der Waals surface area contributed by atoms with Crippen molar-refractivity contribution < 1.29 is 4.74 Å². The molecule has 0 unspecified atom stereocenters. The molecular formula is C16H19ClN2O. The van der Waals surface area contributed by atoms with E-state index in [1.54, 1.807) is 6.20 Å². The summed E-state index contributed by atoms with van der Waals surface area (Å²) in [6.07, 6.45) is 1.74. The van der Waals surface area contributed by atoms with Crippen LogP contribution in [0.15, 0.2) is 42.6 Å². The van der Waals surface area contributed by atoms with Gasteiger partial charge in [-0.25, -0.2) is 0 Å². The van der Waals surface area contributed by atoms with Crippen molar-refractivity contribution in [3.05, 3.63) is 47.6 Å². The second-order valence-electron chi connectivity index (χ2n) is 5.02. The molecule has 0 spiro atoms. The van der Waals surface area contributed by atoms with Crippen LogP contribution in [0.5, 0.6) is 5.75 Å². The van der Waals surface area contributed by atoms with E-state index in [2.05, 4.69) is 30.7 Å². The van der Waals surface area contributed by atoms with E-state index in [1.165, 1.54) is 0 Å². The van der Waals surface area contributed by atoms with Crippen molar-refractivity contribution in [3.8, 4) is 5.75 Å². The molecule has 0 amide bonds. The predicted octanol–water partition coefficient (Wildman–Crippen LogP) is 3.82. The molecule has 0 fully saturated rings. The SMILES string of the molecule is C=C(CNC(C)C)COc1ccc(Cl)c2cccnc12. The highest BCUT2D eigenvalue weighted by molar-refractivity contribution is 6.35. The lowest BCUT2D eigenvalue weighted by molar-refractivity contribution is 0.350. The first-order chi connectivity index (χ1) is 9.58. The van der Waals surface area contributed by atoms with Crippen LogP contribution in [0.25, 0.3) is 10.9 Å². The standard InChI is InChI=1S/C16H19ClN2O/c1-11(2)19-9-12(3)10-20-15-7-6-14(17)13-5-4-8-18-16(13)15/h4-8,11,19H,3,9-10H2,1-2H3. The van der Waals surface area contributed by atoms with E-state index in [4.69, 9.17) is 16.3 Å². The number of pyridine rings is 1. The van der Waals surface area contributed by atoms with Gasteiger partial charge in [0.1, 0.15) is 17.9 Å². The van der Waals surface area contributed by atoms with Crippen LogP contribution in [-0.2, 0) is 0 Å². The minimum absolute atomic E-state index is 0.435. The van der Waals surface area contributed by atoms with Crippen LogP contribution in [0.2, 0.25) is 5.02 Å². The Hall–Kier alpha value is -1.58. The van der Waals surface area contributed by atoms with Gasteiger partial charge in [0.05, 0.1) is 5.02 Å². The Balaban J connectivity index is 2.07. The van der Waals surface area contributed by atoms with Gasteiger partial charge in [0, 0.05) is 24.2 Å². The van der Waals surface area contributed by atoms with Crippen molar-refractivity contribution in [1.82, 2.24) is 10.3 Å². The molecule has 1 aromatic heterocycles. The lowest BCUT2D eigenvalue weighted by Crippen LogP contribution is -2.26. The van der Waals surface area contributed by atoms with E-state index < -0.39 is 0 Å². The topological polar surface area (TPSA) is 34.1 Å². The third-order valence-corrected chi connectivity index (χ3v) is 3.20. The first-order valence-corrected chi connectivity index (χ1v) is 7.02. The van der Waals surface area contributed by atoms with E-state index in [0.717, 1.165) is 28.8 Å². The van der Waals surface area contributed by atoms with E-state index >= 15 is 0 Å². The molecule has 1 N–H and O–H groups in total. The molecule has 0 saturated carbocycles. The zero-order chi connectivity index (χ0) is 14.5. The maximum atomic E-state index is 6.15. The smallest absolute Gasteiger partial charge is 0.146 e. The van der Waals surface area contributed by atoms with Gasteiger partial charge in [0.25, 0.3) is 0 Å². The molecule has 0 atom stereocenters. The van der Waals surface area contributed by atoms with E-state index in [9.17, 15) is 0 Å². The molecule has 2 rings (SSSR count). The third kappa shape index (κ3) is 3.71. The molecule has 1 heterocycles. The Kier molecular flexibility index (Phi) is 4.99. The lowest BCUT2D eigenvalue weighted by atomic mass is 10.2. The number of nitrogens with one attached hydrogen (secondary N) is 1. The summed E-state index contributed by atoms with van der Waals surface area (Å²) in [5.41, 5.74) is 1.78. The molecule has 0 radical (unpaired) electrons. The van der Waals surface area contributed by atoms with Crippen molar-refractivity contribution in [2.45, 2.75) is 19.9 Å². The number of aromatic nitrogens is 1. The first kappa shape index (κ1) is 14.8. The largest absolute Gasteiger partial charge is 0.487 e. The number of nitrogens with zero attached hydrogens (tertiary/aromatic N) is 1. The fraction of sp³-hybridized carbons (Fsp3) is 0.312. The maximum Gasteiger partial charge on any atom is 0.146 e. The highest BCUT2D eigenvalue weighted by Crippen LogP contribution is 2.29. The van der Waals surface area contributed by atoms with Crippen molar-refractivity contribution in [3.63, 3.8) is 0 Å². The zero-order valence-corrected chi connectivity index (χ0v) is 12.6. The van der Waals surface area contributed by atoms with Crippen molar-refractivity contribution in [2.75, 3.05) is 13.2 Å². The van der Waals surface area contributed by atoms with Crippen molar-refractivity contribution >= 4 is 22.5 Å². The summed E-state index contributed by atoms with van der Waals surface area (Å²) >= 11 is 6.15. The van der Waals surface area contributed by atoms with Crippen LogP contribution in [0.4, 0.5) is 0 Å². The van der Waals surface area contributed by atoms with E-state index in [1.807, 2.05) is 24.3 Å². The minimum atomic E-state index is 0.435. The quantitative estimate of drug-likeness (QED) is 0.821. The molecular weight excluding hydrogens is 272 g/mol. The summed E-state index contributed by atoms with van der Waals surface area (Å²) in [6, 6.07) is 7.91. The van der Waals surface area contributed by atoms with Gasteiger partial charge in [-0.15, -0.1) is 0 Å². The average Bonchev–Trinajstić information content (AvgIpc) is 2.45. The summed E-state index contributed by atoms with van der Waals surface area (Å²) < 4.78 is 5.81. The number of hydrogen-bond acceptors (Lipinski definition) is 3. The molecule has 106 valence electrons. The highest BCUT2D eigenvalue weighted by Gasteiger charge is 2.07. The minimum Gasteiger partial charge on any atom is -0.487 e. The Labute approximate surface area is 124 Å². The molecule has 2 aromatic rings. The number of rotatable bonds is 6. The second-order valence-corrected chi connectivity index (χ2v) is 5.43. The van der Waals surface area contributed by atoms with Gasteiger partial charge in [-0.1, -0.05) is 32.0 Å². The van der Waals surface area contributed by atoms with Crippen LogP contribution in [0.3, 0.4) is 0 Å². The Morgan fingerprint density at radius 2 is 2.20 bits per heavy atom. The molecule has 4 heteroatoms. The van der Waals surface area contributed by atoms with Crippen LogP contribution >= 0.6 is 11.6 Å². The van der Waals surface area contributed by atoms with Gasteiger partial charge in [-0.05, 0) is 29.8 Å². The van der Waals surface area contributed by atoms with Crippen LogP contribution in [0, 0.1) is 0 Å². The Bertz CT molecular complexity index is 610. The highest BCUT2D eigenvalue weighted by atomic mass is 35.5. The van der Waals surface area contributed by atoms with Crippen LogP contribution in [0.1, 0.15) is 13.8 Å². The van der Waals surface area contributed by atoms with E-state index in [-0.39, 0.29) is 0 Å². The normalized spacial score (nSPS) is 11.0. The van der Waals surface area contributed by atoms with Crippen LogP contribution in [-0.4, -0.2) is 24.2 Å². The van der Waals surface area contributed by atoms with E-state index in [0.29, 0.717) is 17.7 Å². The summed E-state index contributed by atoms with van der Waals surface area (Å²) in [5, 5.41) is 4.89. The summed E-state index contributed by atoms with van der Waals surface area (Å²) in [7, 11) is 0. The average molecular weight is 291 g/mol. The lowest BCUT2D eigenvalue weighted by Gasteiger charge is -2.13. The fourth-order valence-electron chi connectivity index (χ4n) is 1.81. The van der Waals surface area contributed by atoms with Crippen molar-refractivity contribution in [1.29, 1.82) is 0 Å². The molecule has 0 aliphatic rings. The molecule has 20 heavy (non-hydrogen) atoms. The third-order valence-electron chi connectivity index (χ3n) is 2.87. The van der Waals surface area contributed by atoms with Gasteiger partial charge in [0.2, 0.25) is 0 Å². The molecule has 0 aliphatic heterocycles. The van der Waals surface area contributed by atoms with Crippen LogP contribution < -0.4 is 10.1 Å². The summed E-state index contributed by atoms with van der Waals surface area (Å²) in [4.78, 5) is 4.34. The van der Waals surface area contributed by atoms with Gasteiger partial charge in [0.15, 0.2) is 0 Å².